The van der Waals surface area contributed by atoms with Crippen molar-refractivity contribution in [3.63, 3.8) is 0 Å². The molecule has 1 aromatic carbocycles. The molecular weight excluding hydrogens is 356 g/mol. The summed E-state index contributed by atoms with van der Waals surface area (Å²) in [7, 11) is -3.02. The summed E-state index contributed by atoms with van der Waals surface area (Å²) in [6, 6.07) is 9.56. The van der Waals surface area contributed by atoms with Crippen LogP contribution in [-0.2, 0) is 14.6 Å². The van der Waals surface area contributed by atoms with Gasteiger partial charge in [0.15, 0.2) is 15.0 Å². The number of amides is 1. The van der Waals surface area contributed by atoms with Crippen LogP contribution in [0.5, 0.6) is 0 Å². The number of rotatable bonds is 2. The van der Waals surface area contributed by atoms with E-state index in [0.29, 0.717) is 5.17 Å². The first kappa shape index (κ1) is 17.1. The van der Waals surface area contributed by atoms with Crippen LogP contribution in [0.1, 0.15) is 32.1 Å². The maximum Gasteiger partial charge on any atom is 0.251 e. The van der Waals surface area contributed by atoms with E-state index in [0.717, 1.165) is 31.4 Å². The van der Waals surface area contributed by atoms with Crippen molar-refractivity contribution in [3.8, 4) is 0 Å². The molecule has 2 saturated heterocycles. The zero-order chi connectivity index (χ0) is 17.4. The molecular formula is C18H22N2O3S2. The molecule has 1 amide bonds. The zero-order valence-electron chi connectivity index (χ0n) is 14.0. The number of sulfone groups is 1. The monoisotopic (exact) mass is 378 g/mol. The molecule has 5 nitrogen and oxygen atoms in total. The van der Waals surface area contributed by atoms with Crippen LogP contribution in [-0.4, -0.2) is 42.3 Å². The Kier molecular flexibility index (Phi) is 4.62. The topological polar surface area (TPSA) is 66.8 Å². The molecule has 3 aliphatic rings. The zero-order valence-corrected chi connectivity index (χ0v) is 15.6. The van der Waals surface area contributed by atoms with Gasteiger partial charge in [-0.1, -0.05) is 49.2 Å². The highest BCUT2D eigenvalue weighted by atomic mass is 32.2. The van der Waals surface area contributed by atoms with Crippen molar-refractivity contribution in [2.75, 3.05) is 16.4 Å². The van der Waals surface area contributed by atoms with Crippen LogP contribution in [0.4, 0.5) is 5.69 Å². The third kappa shape index (κ3) is 3.49. The minimum atomic E-state index is -3.02. The van der Waals surface area contributed by atoms with Gasteiger partial charge in [-0.25, -0.2) is 8.42 Å². The van der Waals surface area contributed by atoms with Gasteiger partial charge in [-0.2, -0.15) is 4.99 Å². The van der Waals surface area contributed by atoms with E-state index >= 15 is 0 Å². The molecule has 134 valence electrons. The molecule has 25 heavy (non-hydrogen) atoms. The van der Waals surface area contributed by atoms with Crippen LogP contribution in [0.3, 0.4) is 0 Å². The quantitative estimate of drug-likeness (QED) is 0.792. The SMILES string of the molecule is O=C(N=C1S[C@H]2CS(=O)(=O)C[C@H]2N1c1ccccc1)C1CCCCC1. The fraction of sp³-hybridized carbons (Fsp3) is 0.556. The summed E-state index contributed by atoms with van der Waals surface area (Å²) in [4.78, 5) is 19.1. The molecule has 7 heteroatoms. The number of fused-ring (bicyclic) bond motifs is 1. The molecule has 2 heterocycles. The van der Waals surface area contributed by atoms with E-state index in [2.05, 4.69) is 4.99 Å². The maximum atomic E-state index is 12.6. The van der Waals surface area contributed by atoms with E-state index < -0.39 is 9.84 Å². The highest BCUT2D eigenvalue weighted by Crippen LogP contribution is 2.41. The number of anilines is 1. The Balaban J connectivity index is 1.64. The molecule has 1 aromatic rings. The van der Waals surface area contributed by atoms with E-state index in [1.54, 1.807) is 0 Å². The van der Waals surface area contributed by atoms with E-state index in [1.165, 1.54) is 18.2 Å². The fourth-order valence-electron chi connectivity index (χ4n) is 3.99. The number of benzene rings is 1. The first-order valence-corrected chi connectivity index (χ1v) is 11.6. The van der Waals surface area contributed by atoms with E-state index in [1.807, 2.05) is 35.2 Å². The van der Waals surface area contributed by atoms with Crippen molar-refractivity contribution in [1.29, 1.82) is 0 Å². The average molecular weight is 379 g/mol. The first-order valence-electron chi connectivity index (χ1n) is 8.87. The van der Waals surface area contributed by atoms with Crippen molar-refractivity contribution < 1.29 is 13.2 Å². The summed E-state index contributed by atoms with van der Waals surface area (Å²) in [6.45, 7) is 0. The molecule has 1 saturated carbocycles. The van der Waals surface area contributed by atoms with Gasteiger partial charge in [0, 0.05) is 16.9 Å². The van der Waals surface area contributed by atoms with Crippen LogP contribution < -0.4 is 4.90 Å². The van der Waals surface area contributed by atoms with Crippen LogP contribution >= 0.6 is 11.8 Å². The lowest BCUT2D eigenvalue weighted by Crippen LogP contribution is -2.38. The van der Waals surface area contributed by atoms with Gasteiger partial charge >= 0.3 is 0 Å². The van der Waals surface area contributed by atoms with E-state index in [-0.39, 0.29) is 34.6 Å². The van der Waals surface area contributed by atoms with Gasteiger partial charge in [0.05, 0.1) is 17.5 Å². The van der Waals surface area contributed by atoms with Gasteiger partial charge in [0.25, 0.3) is 5.91 Å². The third-order valence-corrected chi connectivity index (χ3v) is 8.47. The number of hydrogen-bond acceptors (Lipinski definition) is 4. The summed E-state index contributed by atoms with van der Waals surface area (Å²) < 4.78 is 24.1. The predicted octanol–water partition coefficient (Wildman–Crippen LogP) is 2.87. The molecule has 2 aliphatic heterocycles. The summed E-state index contributed by atoms with van der Waals surface area (Å²) in [5.74, 6) is 0.299. The van der Waals surface area contributed by atoms with Gasteiger partial charge in [0.1, 0.15) is 0 Å². The third-order valence-electron chi connectivity index (χ3n) is 5.26. The number of hydrogen-bond donors (Lipinski definition) is 0. The van der Waals surface area contributed by atoms with Gasteiger partial charge in [0.2, 0.25) is 0 Å². The van der Waals surface area contributed by atoms with Crippen LogP contribution in [0.15, 0.2) is 35.3 Å². The van der Waals surface area contributed by atoms with Crippen molar-refractivity contribution in [3.05, 3.63) is 30.3 Å². The van der Waals surface area contributed by atoms with Crippen molar-refractivity contribution in [1.82, 2.24) is 0 Å². The summed E-state index contributed by atoms with van der Waals surface area (Å²) in [6.07, 6.45) is 5.24. The van der Waals surface area contributed by atoms with E-state index in [4.69, 9.17) is 0 Å². The molecule has 3 fully saturated rings. The number of aliphatic imine (C=N–C) groups is 1. The lowest BCUT2D eigenvalue weighted by molar-refractivity contribution is -0.122. The average Bonchev–Trinajstić information content (AvgIpc) is 3.07. The van der Waals surface area contributed by atoms with Crippen molar-refractivity contribution in [2.24, 2.45) is 10.9 Å². The standard InChI is InChI=1S/C18H22N2O3S2/c21-17(13-7-3-1-4-8-13)19-18-20(14-9-5-2-6-10-14)15-11-25(22,23)12-16(15)24-18/h2,5-6,9-10,13,15-16H,1,3-4,7-8,11-12H2/t15-,16+/m1/s1. The molecule has 0 unspecified atom stereocenters. The molecule has 0 radical (unpaired) electrons. The molecule has 2 atom stereocenters. The Bertz CT molecular complexity index is 786. The smallest absolute Gasteiger partial charge is 0.251 e. The molecule has 4 rings (SSSR count). The second-order valence-corrected chi connectivity index (χ2v) is 10.4. The number of nitrogens with zero attached hydrogens (tertiary/aromatic N) is 2. The lowest BCUT2D eigenvalue weighted by atomic mass is 9.89. The van der Waals surface area contributed by atoms with Gasteiger partial charge in [-0.15, -0.1) is 0 Å². The first-order chi connectivity index (χ1) is 12.0. The highest BCUT2D eigenvalue weighted by Gasteiger charge is 2.49. The Morgan fingerprint density at radius 1 is 1.08 bits per heavy atom. The van der Waals surface area contributed by atoms with Gasteiger partial charge < -0.3 is 4.90 Å². The van der Waals surface area contributed by atoms with Crippen LogP contribution in [0.25, 0.3) is 0 Å². The lowest BCUT2D eigenvalue weighted by Gasteiger charge is -2.25. The predicted molar refractivity (Wildman–Crippen MR) is 102 cm³/mol. The Labute approximate surface area is 152 Å². The molecule has 1 aliphatic carbocycles. The summed E-state index contributed by atoms with van der Waals surface area (Å²) in [5, 5.41) is 0.634. The number of carbonyl (C=O) groups excluding carboxylic acids is 1. The van der Waals surface area contributed by atoms with E-state index in [9.17, 15) is 13.2 Å². The minimum Gasteiger partial charge on any atom is -0.316 e. The Hall–Kier alpha value is -1.34. The number of carbonyl (C=O) groups is 1. The van der Waals surface area contributed by atoms with Crippen LogP contribution in [0, 0.1) is 5.92 Å². The highest BCUT2D eigenvalue weighted by molar-refractivity contribution is 8.16. The number of amidine groups is 1. The second-order valence-electron chi connectivity index (χ2n) is 7.07. The Morgan fingerprint density at radius 3 is 2.52 bits per heavy atom. The molecule has 0 spiro atoms. The minimum absolute atomic E-state index is 0.0312. The normalized spacial score (nSPS) is 30.6. The maximum absolute atomic E-state index is 12.6. The second kappa shape index (κ2) is 6.76. The number of thioether (sulfide) groups is 1. The summed E-state index contributed by atoms with van der Waals surface area (Å²) >= 11 is 1.45. The largest absolute Gasteiger partial charge is 0.316 e. The molecule has 0 N–H and O–H groups in total. The van der Waals surface area contributed by atoms with Gasteiger partial charge in [-0.3, -0.25) is 4.79 Å². The molecule has 0 aromatic heterocycles. The summed E-state index contributed by atoms with van der Waals surface area (Å²) in [5.41, 5.74) is 0.912. The van der Waals surface area contributed by atoms with Gasteiger partial charge in [-0.05, 0) is 25.0 Å². The Morgan fingerprint density at radius 2 is 1.80 bits per heavy atom. The number of para-hydroxylation sites is 1. The van der Waals surface area contributed by atoms with Crippen LogP contribution in [0.2, 0.25) is 0 Å². The van der Waals surface area contributed by atoms with Crippen molar-refractivity contribution >= 4 is 38.4 Å². The molecule has 0 bridgehead atoms. The fourth-order valence-corrected chi connectivity index (χ4v) is 7.91. The van der Waals surface area contributed by atoms with Crippen molar-refractivity contribution in [2.45, 2.75) is 43.4 Å².